The van der Waals surface area contributed by atoms with Crippen LogP contribution < -0.4 is 5.56 Å². The summed E-state index contributed by atoms with van der Waals surface area (Å²) >= 11 is 1.82. The van der Waals surface area contributed by atoms with Crippen LogP contribution in [0.4, 0.5) is 0 Å². The van der Waals surface area contributed by atoms with E-state index in [4.69, 9.17) is 0 Å². The monoisotopic (exact) mass is 354 g/mol. The maximum atomic E-state index is 12.3. The topological polar surface area (TPSA) is 40.9 Å². The van der Waals surface area contributed by atoms with E-state index in [1.54, 1.807) is 10.5 Å². The molecule has 1 aliphatic rings. The number of nitrogens with zero attached hydrogens (tertiary/aromatic N) is 4. The van der Waals surface area contributed by atoms with E-state index < -0.39 is 0 Å². The van der Waals surface area contributed by atoms with Crippen molar-refractivity contribution in [2.45, 2.75) is 20.0 Å². The van der Waals surface area contributed by atoms with E-state index in [1.165, 1.54) is 4.88 Å². The maximum Gasteiger partial charge on any atom is 0.258 e. The van der Waals surface area contributed by atoms with Gasteiger partial charge in [-0.1, -0.05) is 12.1 Å². The highest BCUT2D eigenvalue weighted by atomic mass is 32.1. The predicted octanol–water partition coefficient (Wildman–Crippen LogP) is 2.38. The van der Waals surface area contributed by atoms with Crippen LogP contribution >= 0.6 is 11.3 Å². The molecule has 1 fully saturated rings. The van der Waals surface area contributed by atoms with E-state index in [-0.39, 0.29) is 5.56 Å². The first-order valence-corrected chi connectivity index (χ1v) is 9.51. The number of pyridine rings is 1. The summed E-state index contributed by atoms with van der Waals surface area (Å²) in [5, 5.41) is 2.14. The first-order chi connectivity index (χ1) is 12.2. The second-order valence-corrected chi connectivity index (χ2v) is 7.68. The average molecular weight is 354 g/mol. The molecule has 4 heterocycles. The fraction of sp³-hybridized carbons (Fsp3) is 0.368. The summed E-state index contributed by atoms with van der Waals surface area (Å²) in [6.45, 7) is 7.91. The third-order valence-corrected chi connectivity index (χ3v) is 5.53. The molecule has 0 unspecified atom stereocenters. The van der Waals surface area contributed by atoms with Gasteiger partial charge in [-0.05, 0) is 30.0 Å². The molecular formula is C19H22N4OS. The van der Waals surface area contributed by atoms with Gasteiger partial charge in [-0.15, -0.1) is 11.3 Å². The van der Waals surface area contributed by atoms with Crippen molar-refractivity contribution in [1.82, 2.24) is 19.2 Å². The van der Waals surface area contributed by atoms with E-state index in [0.717, 1.165) is 56.2 Å². The molecular weight excluding hydrogens is 332 g/mol. The molecule has 1 saturated heterocycles. The standard InChI is InChI=1S/C19H22N4OS/c1-15-4-5-18-20-16(11-19(24)23(18)12-15)13-21-6-8-22(9-7-21)14-17-3-2-10-25-17/h2-5,10-12H,6-9,13-14H2,1H3. The quantitative estimate of drug-likeness (QED) is 0.721. The van der Waals surface area contributed by atoms with Crippen LogP contribution in [0.5, 0.6) is 0 Å². The minimum Gasteiger partial charge on any atom is -0.296 e. The molecule has 0 aliphatic carbocycles. The van der Waals surface area contributed by atoms with Gasteiger partial charge in [-0.25, -0.2) is 4.98 Å². The van der Waals surface area contributed by atoms with Crippen LogP contribution in [0.3, 0.4) is 0 Å². The number of fused-ring (bicyclic) bond motifs is 1. The highest BCUT2D eigenvalue weighted by Crippen LogP contribution is 2.14. The Kier molecular flexibility index (Phi) is 4.65. The summed E-state index contributed by atoms with van der Waals surface area (Å²) in [5.41, 5.74) is 2.65. The number of hydrogen-bond donors (Lipinski definition) is 0. The lowest BCUT2D eigenvalue weighted by Crippen LogP contribution is -2.45. The Balaban J connectivity index is 1.41. The van der Waals surface area contributed by atoms with Crippen LogP contribution in [0, 0.1) is 6.92 Å². The van der Waals surface area contributed by atoms with Crippen LogP contribution in [-0.4, -0.2) is 45.4 Å². The zero-order valence-electron chi connectivity index (χ0n) is 14.4. The lowest BCUT2D eigenvalue weighted by atomic mass is 10.2. The van der Waals surface area contributed by atoms with E-state index in [2.05, 4.69) is 32.3 Å². The van der Waals surface area contributed by atoms with Crippen LogP contribution in [0.2, 0.25) is 0 Å². The van der Waals surface area contributed by atoms with Gasteiger partial charge >= 0.3 is 0 Å². The van der Waals surface area contributed by atoms with Gasteiger partial charge in [-0.3, -0.25) is 19.0 Å². The summed E-state index contributed by atoms with van der Waals surface area (Å²) in [6, 6.07) is 9.89. The Bertz CT molecular complexity index is 911. The molecule has 0 atom stereocenters. The van der Waals surface area contributed by atoms with Crippen LogP contribution in [-0.2, 0) is 13.1 Å². The van der Waals surface area contributed by atoms with Crippen molar-refractivity contribution in [3.05, 3.63) is 68.4 Å². The first-order valence-electron chi connectivity index (χ1n) is 8.63. The molecule has 0 saturated carbocycles. The number of hydrogen-bond acceptors (Lipinski definition) is 5. The number of piperazine rings is 1. The van der Waals surface area contributed by atoms with E-state index in [1.807, 2.05) is 36.6 Å². The first kappa shape index (κ1) is 16.4. The van der Waals surface area contributed by atoms with E-state index in [9.17, 15) is 4.79 Å². The Labute approximate surface area is 151 Å². The zero-order chi connectivity index (χ0) is 17.2. The van der Waals surface area contributed by atoms with Crippen molar-refractivity contribution >= 4 is 17.0 Å². The number of aryl methyl sites for hydroxylation is 1. The van der Waals surface area contributed by atoms with Gasteiger partial charge in [-0.2, -0.15) is 0 Å². The van der Waals surface area contributed by atoms with Crippen molar-refractivity contribution in [2.75, 3.05) is 26.2 Å². The Morgan fingerprint density at radius 3 is 2.56 bits per heavy atom. The van der Waals surface area contributed by atoms with Gasteiger partial charge in [0.25, 0.3) is 5.56 Å². The molecule has 0 spiro atoms. The van der Waals surface area contributed by atoms with Crippen molar-refractivity contribution in [3.63, 3.8) is 0 Å². The largest absolute Gasteiger partial charge is 0.296 e. The molecule has 0 aromatic carbocycles. The highest BCUT2D eigenvalue weighted by molar-refractivity contribution is 7.09. The van der Waals surface area contributed by atoms with Crippen molar-refractivity contribution in [1.29, 1.82) is 0 Å². The van der Waals surface area contributed by atoms with Crippen LogP contribution in [0.15, 0.2) is 46.7 Å². The second-order valence-electron chi connectivity index (χ2n) is 6.65. The van der Waals surface area contributed by atoms with Crippen molar-refractivity contribution in [2.24, 2.45) is 0 Å². The number of aromatic nitrogens is 2. The molecule has 130 valence electrons. The Morgan fingerprint density at radius 1 is 1.08 bits per heavy atom. The summed E-state index contributed by atoms with van der Waals surface area (Å²) < 4.78 is 1.62. The third-order valence-electron chi connectivity index (χ3n) is 4.67. The lowest BCUT2D eigenvalue weighted by molar-refractivity contribution is 0.122. The summed E-state index contributed by atoms with van der Waals surface area (Å²) in [7, 11) is 0. The molecule has 0 bridgehead atoms. The van der Waals surface area contributed by atoms with Crippen molar-refractivity contribution in [3.8, 4) is 0 Å². The predicted molar refractivity (Wildman–Crippen MR) is 101 cm³/mol. The van der Waals surface area contributed by atoms with Gasteiger partial charge in [0.15, 0.2) is 0 Å². The third kappa shape index (κ3) is 3.81. The van der Waals surface area contributed by atoms with Crippen LogP contribution in [0.25, 0.3) is 5.65 Å². The summed E-state index contributed by atoms with van der Waals surface area (Å²) in [5.74, 6) is 0. The van der Waals surface area contributed by atoms with E-state index >= 15 is 0 Å². The Hall–Kier alpha value is -2.02. The molecule has 6 heteroatoms. The molecule has 3 aromatic rings. The highest BCUT2D eigenvalue weighted by Gasteiger charge is 2.18. The zero-order valence-corrected chi connectivity index (χ0v) is 15.2. The maximum absolute atomic E-state index is 12.3. The molecule has 0 N–H and O–H groups in total. The second kappa shape index (κ2) is 7.07. The van der Waals surface area contributed by atoms with Crippen LogP contribution in [0.1, 0.15) is 16.1 Å². The average Bonchev–Trinajstić information content (AvgIpc) is 3.10. The molecule has 3 aromatic heterocycles. The number of thiophene rings is 1. The minimum atomic E-state index is 0.0000290. The van der Waals surface area contributed by atoms with Gasteiger partial charge < -0.3 is 0 Å². The lowest BCUT2D eigenvalue weighted by Gasteiger charge is -2.34. The van der Waals surface area contributed by atoms with Gasteiger partial charge in [0.2, 0.25) is 0 Å². The normalized spacial score (nSPS) is 16.5. The van der Waals surface area contributed by atoms with E-state index in [0.29, 0.717) is 0 Å². The molecule has 5 nitrogen and oxygen atoms in total. The van der Waals surface area contributed by atoms with Gasteiger partial charge in [0.1, 0.15) is 5.65 Å². The molecule has 25 heavy (non-hydrogen) atoms. The molecule has 1 aliphatic heterocycles. The number of rotatable bonds is 4. The molecule has 4 rings (SSSR count). The minimum absolute atomic E-state index is 0.0000290. The van der Waals surface area contributed by atoms with Crippen molar-refractivity contribution < 1.29 is 0 Å². The smallest absolute Gasteiger partial charge is 0.258 e. The summed E-state index contributed by atoms with van der Waals surface area (Å²) in [6.07, 6.45) is 1.85. The molecule has 0 amide bonds. The van der Waals surface area contributed by atoms with Gasteiger partial charge in [0, 0.05) is 56.4 Å². The molecule has 0 radical (unpaired) electrons. The Morgan fingerprint density at radius 2 is 1.84 bits per heavy atom. The SMILES string of the molecule is Cc1ccc2nc(CN3CCN(Cc4cccs4)CC3)cc(=O)n2c1. The fourth-order valence-corrected chi connectivity index (χ4v) is 4.04. The summed E-state index contributed by atoms with van der Waals surface area (Å²) in [4.78, 5) is 23.3. The fourth-order valence-electron chi connectivity index (χ4n) is 3.30. The van der Waals surface area contributed by atoms with Gasteiger partial charge in [0.05, 0.1) is 5.69 Å².